The molecule has 184 valence electrons. The summed E-state index contributed by atoms with van der Waals surface area (Å²) in [6, 6.07) is 3.74. The Balaban J connectivity index is 1.94. The fraction of sp³-hybridized carbons (Fsp3) is 0.478. The second-order valence-electron chi connectivity index (χ2n) is 8.06. The molecular formula is C23H27FN2O8. The molecule has 1 fully saturated rings. The van der Waals surface area contributed by atoms with Crippen LogP contribution in [0.25, 0.3) is 0 Å². The summed E-state index contributed by atoms with van der Waals surface area (Å²) in [5, 5.41) is 0. The van der Waals surface area contributed by atoms with Crippen LogP contribution in [-0.4, -0.2) is 53.5 Å². The highest BCUT2D eigenvalue weighted by molar-refractivity contribution is 5.66. The predicted molar refractivity (Wildman–Crippen MR) is 116 cm³/mol. The molecule has 0 N–H and O–H groups in total. The second kappa shape index (κ2) is 10.3. The van der Waals surface area contributed by atoms with Crippen molar-refractivity contribution in [2.24, 2.45) is 0 Å². The summed E-state index contributed by atoms with van der Waals surface area (Å²) in [5.41, 5.74) is 1.67. The largest absolute Gasteiger partial charge is 0.463 e. The van der Waals surface area contributed by atoms with E-state index < -0.39 is 53.9 Å². The van der Waals surface area contributed by atoms with E-state index in [9.17, 15) is 14.4 Å². The minimum Gasteiger partial charge on any atom is -0.463 e. The number of benzene rings is 1. The SMILES string of the molecule is CO[C@@H]1[C@H](OC(C)=O)[C@@H](COC(C)=O)O[C@H]1n1cc(F)c(Oc2c(C)cc(C)cc2C)nc1=O. The van der Waals surface area contributed by atoms with E-state index in [2.05, 4.69) is 4.98 Å². The Hall–Kier alpha value is -3.31. The van der Waals surface area contributed by atoms with Gasteiger partial charge >= 0.3 is 17.6 Å². The van der Waals surface area contributed by atoms with Gasteiger partial charge < -0.3 is 23.7 Å². The van der Waals surface area contributed by atoms with Crippen LogP contribution in [0.2, 0.25) is 0 Å². The van der Waals surface area contributed by atoms with Crippen molar-refractivity contribution >= 4 is 11.9 Å². The molecule has 1 aromatic carbocycles. The van der Waals surface area contributed by atoms with Gasteiger partial charge in [-0.3, -0.25) is 14.2 Å². The van der Waals surface area contributed by atoms with Crippen LogP contribution in [0.3, 0.4) is 0 Å². The zero-order valence-corrected chi connectivity index (χ0v) is 19.8. The van der Waals surface area contributed by atoms with Crippen molar-refractivity contribution in [3.8, 4) is 11.6 Å². The smallest absolute Gasteiger partial charge is 0.353 e. The van der Waals surface area contributed by atoms with Crippen LogP contribution in [0.15, 0.2) is 23.1 Å². The van der Waals surface area contributed by atoms with Gasteiger partial charge in [-0.1, -0.05) is 17.7 Å². The van der Waals surface area contributed by atoms with Crippen LogP contribution in [0.1, 0.15) is 36.8 Å². The van der Waals surface area contributed by atoms with Crippen molar-refractivity contribution in [3.63, 3.8) is 0 Å². The number of hydrogen-bond donors (Lipinski definition) is 0. The zero-order valence-electron chi connectivity index (χ0n) is 19.8. The fourth-order valence-corrected chi connectivity index (χ4v) is 3.96. The first-order valence-electron chi connectivity index (χ1n) is 10.5. The molecule has 1 aromatic heterocycles. The van der Waals surface area contributed by atoms with Gasteiger partial charge in [-0.25, -0.2) is 4.79 Å². The van der Waals surface area contributed by atoms with Crippen LogP contribution in [0.4, 0.5) is 4.39 Å². The normalized spacial score (nSPS) is 21.9. The molecular weight excluding hydrogens is 451 g/mol. The number of carbonyl (C=O) groups is 2. The van der Waals surface area contributed by atoms with Gasteiger partial charge in [-0.15, -0.1) is 0 Å². The number of nitrogens with zero attached hydrogens (tertiary/aromatic N) is 2. The van der Waals surface area contributed by atoms with E-state index in [0.29, 0.717) is 5.75 Å². The Morgan fingerprint density at radius 1 is 1.12 bits per heavy atom. The molecule has 0 saturated carbocycles. The highest BCUT2D eigenvalue weighted by atomic mass is 19.1. The van der Waals surface area contributed by atoms with E-state index in [-0.39, 0.29) is 6.61 Å². The lowest BCUT2D eigenvalue weighted by molar-refractivity contribution is -0.157. The second-order valence-corrected chi connectivity index (χ2v) is 8.06. The Morgan fingerprint density at radius 3 is 2.32 bits per heavy atom. The third kappa shape index (κ3) is 5.42. The minimum absolute atomic E-state index is 0.262. The molecule has 4 atom stereocenters. The molecule has 2 aromatic rings. The van der Waals surface area contributed by atoms with Crippen LogP contribution < -0.4 is 10.4 Å². The topological polar surface area (TPSA) is 115 Å². The number of rotatable bonds is 7. The first kappa shape index (κ1) is 25.3. The van der Waals surface area contributed by atoms with Gasteiger partial charge in [0.2, 0.25) is 5.82 Å². The molecule has 0 spiro atoms. The molecule has 0 bridgehead atoms. The Labute approximate surface area is 195 Å². The maximum atomic E-state index is 15.0. The van der Waals surface area contributed by atoms with Crippen molar-refractivity contribution < 1.29 is 37.7 Å². The van der Waals surface area contributed by atoms with Gasteiger partial charge in [0.1, 0.15) is 24.6 Å². The zero-order chi connectivity index (χ0) is 25.2. The van der Waals surface area contributed by atoms with Gasteiger partial charge in [0.15, 0.2) is 12.3 Å². The lowest BCUT2D eigenvalue weighted by Crippen LogP contribution is -2.40. The molecule has 1 aliphatic rings. The summed E-state index contributed by atoms with van der Waals surface area (Å²) in [4.78, 5) is 39.4. The number of methoxy groups -OCH3 is 1. The maximum Gasteiger partial charge on any atom is 0.353 e. The molecule has 1 aliphatic heterocycles. The fourth-order valence-electron chi connectivity index (χ4n) is 3.96. The van der Waals surface area contributed by atoms with Crippen molar-refractivity contribution in [1.82, 2.24) is 9.55 Å². The summed E-state index contributed by atoms with van der Waals surface area (Å²) in [7, 11) is 1.32. The summed E-state index contributed by atoms with van der Waals surface area (Å²) in [5.74, 6) is -2.21. The first-order valence-corrected chi connectivity index (χ1v) is 10.5. The number of ether oxygens (including phenoxy) is 5. The number of hydrogen-bond acceptors (Lipinski definition) is 9. The number of halogens is 1. The van der Waals surface area contributed by atoms with Gasteiger partial charge in [0, 0.05) is 21.0 Å². The number of esters is 2. The van der Waals surface area contributed by atoms with Crippen molar-refractivity contribution in [2.45, 2.75) is 59.2 Å². The molecule has 0 aliphatic carbocycles. The van der Waals surface area contributed by atoms with Crippen LogP contribution >= 0.6 is 0 Å². The van der Waals surface area contributed by atoms with E-state index in [4.69, 9.17) is 23.7 Å². The van der Waals surface area contributed by atoms with Gasteiger partial charge in [-0.2, -0.15) is 9.37 Å². The monoisotopic (exact) mass is 478 g/mol. The summed E-state index contributed by atoms with van der Waals surface area (Å²) < 4.78 is 43.0. The highest BCUT2D eigenvalue weighted by Gasteiger charge is 2.49. The van der Waals surface area contributed by atoms with E-state index >= 15 is 4.39 Å². The molecule has 0 unspecified atom stereocenters. The van der Waals surface area contributed by atoms with Gasteiger partial charge in [-0.05, 0) is 31.9 Å². The highest BCUT2D eigenvalue weighted by Crippen LogP contribution is 2.34. The summed E-state index contributed by atoms with van der Waals surface area (Å²) in [6.07, 6.45) is -3.29. The molecule has 2 heterocycles. The summed E-state index contributed by atoms with van der Waals surface area (Å²) in [6.45, 7) is 7.68. The standard InChI is InChI=1S/C23H27FN2O8/c1-11-7-12(2)18(13(3)8-11)34-21-16(24)9-26(23(29)25-21)22-20(30-6)19(32-15(5)28)17(33-22)10-31-14(4)27/h7-9,17,19-20,22H,10H2,1-6H3/t17-,19-,20-,22-/m1/s1. The third-order valence-electron chi connectivity index (χ3n) is 5.26. The lowest BCUT2D eigenvalue weighted by Gasteiger charge is -2.23. The van der Waals surface area contributed by atoms with Crippen LogP contribution in [-0.2, 0) is 28.5 Å². The van der Waals surface area contributed by atoms with Crippen LogP contribution in [0, 0.1) is 26.6 Å². The minimum atomic E-state index is -1.21. The lowest BCUT2D eigenvalue weighted by atomic mass is 10.1. The van der Waals surface area contributed by atoms with E-state index in [1.165, 1.54) is 21.0 Å². The Morgan fingerprint density at radius 2 is 1.76 bits per heavy atom. The molecule has 3 rings (SSSR count). The number of aromatic nitrogens is 2. The molecule has 1 saturated heterocycles. The quantitative estimate of drug-likeness (QED) is 0.554. The Bertz CT molecular complexity index is 1130. The molecule has 11 heteroatoms. The molecule has 34 heavy (non-hydrogen) atoms. The number of aryl methyl sites for hydroxylation is 3. The average Bonchev–Trinajstić information content (AvgIpc) is 3.07. The number of carbonyl (C=O) groups excluding carboxylic acids is 2. The first-order chi connectivity index (χ1) is 16.0. The molecule has 0 radical (unpaired) electrons. The average molecular weight is 478 g/mol. The van der Waals surface area contributed by atoms with Gasteiger partial charge in [0.25, 0.3) is 5.88 Å². The van der Waals surface area contributed by atoms with E-state index in [0.717, 1.165) is 27.5 Å². The van der Waals surface area contributed by atoms with Crippen LogP contribution in [0.5, 0.6) is 11.6 Å². The van der Waals surface area contributed by atoms with E-state index in [1.54, 1.807) is 0 Å². The molecule has 10 nitrogen and oxygen atoms in total. The summed E-state index contributed by atoms with van der Waals surface area (Å²) >= 11 is 0. The predicted octanol–water partition coefficient (Wildman–Crippen LogP) is 2.51. The molecule has 0 amide bonds. The third-order valence-corrected chi connectivity index (χ3v) is 5.26. The van der Waals surface area contributed by atoms with Crippen molar-refractivity contribution in [2.75, 3.05) is 13.7 Å². The Kier molecular flexibility index (Phi) is 7.68. The maximum absolute atomic E-state index is 15.0. The van der Waals surface area contributed by atoms with Gasteiger partial charge in [0.05, 0.1) is 6.20 Å². The van der Waals surface area contributed by atoms with E-state index in [1.807, 2.05) is 32.9 Å². The van der Waals surface area contributed by atoms with Crippen molar-refractivity contribution in [1.29, 1.82) is 0 Å². The van der Waals surface area contributed by atoms with Crippen molar-refractivity contribution in [3.05, 3.63) is 51.3 Å².